The number of hydrogen-bond donors (Lipinski definition) is 1. The second-order valence-electron chi connectivity index (χ2n) is 1.30. The highest BCUT2D eigenvalue weighted by Crippen LogP contribution is 1.95. The van der Waals surface area contributed by atoms with Gasteiger partial charge in [0.2, 0.25) is 0 Å². The first kappa shape index (κ1) is 4.43. The van der Waals surface area contributed by atoms with E-state index in [2.05, 4.69) is 4.72 Å². The first-order valence-corrected chi connectivity index (χ1v) is 3.33. The molecule has 0 aromatic rings. The summed E-state index contributed by atoms with van der Waals surface area (Å²) in [5.41, 5.74) is 0. The third-order valence-corrected chi connectivity index (χ3v) is 1.96. The maximum atomic E-state index is 10.2. The van der Waals surface area contributed by atoms with Gasteiger partial charge in [-0.1, -0.05) is 0 Å². The predicted molar refractivity (Wildman–Crippen MR) is 25.6 cm³/mol. The number of rotatable bonds is 0. The molecule has 1 aliphatic rings. The predicted octanol–water partition coefficient (Wildman–Crippen LogP) is -0.357. The van der Waals surface area contributed by atoms with Gasteiger partial charge in [-0.15, -0.1) is 4.72 Å². The molecule has 1 rings (SSSR count). The third kappa shape index (κ3) is 0.864. The first-order valence-electron chi connectivity index (χ1n) is 2.01. The van der Waals surface area contributed by atoms with Gasteiger partial charge in [-0.3, -0.25) is 0 Å². The fourth-order valence-corrected chi connectivity index (χ4v) is 1.38. The Kier molecular flexibility index (Phi) is 1.34. The summed E-state index contributed by atoms with van der Waals surface area (Å²) in [5.74, 6) is 0.847. The standard InChI is InChI=1S/C3H7NOS/c5-6-3-1-2-4-6/h4H,1-3H2. The third-order valence-electron chi connectivity index (χ3n) is 0.770. The molecule has 1 atom stereocenters. The van der Waals surface area contributed by atoms with Crippen LogP contribution in [0.5, 0.6) is 0 Å². The van der Waals surface area contributed by atoms with Gasteiger partial charge >= 0.3 is 0 Å². The average Bonchev–Trinajstić information content (AvgIpc) is 1.86. The lowest BCUT2D eigenvalue weighted by Crippen LogP contribution is -2.15. The summed E-state index contributed by atoms with van der Waals surface area (Å²) >= 11 is -0.673. The van der Waals surface area contributed by atoms with Crippen molar-refractivity contribution in [3.63, 3.8) is 0 Å². The highest BCUT2D eigenvalue weighted by Gasteiger charge is 2.11. The molecule has 1 unspecified atom stereocenters. The molecule has 0 aromatic heterocycles. The van der Waals surface area contributed by atoms with Gasteiger partial charge in [0.15, 0.2) is 0 Å². The highest BCUT2D eigenvalue weighted by atomic mass is 32.2. The minimum atomic E-state index is -0.673. The molecule has 0 aromatic carbocycles. The highest BCUT2D eigenvalue weighted by molar-refractivity contribution is 7.89. The molecule has 1 heterocycles. The van der Waals surface area contributed by atoms with Crippen molar-refractivity contribution >= 4 is 11.4 Å². The van der Waals surface area contributed by atoms with Crippen LogP contribution in [0.15, 0.2) is 0 Å². The molecule has 36 valence electrons. The van der Waals surface area contributed by atoms with Gasteiger partial charge < -0.3 is 4.55 Å². The van der Waals surface area contributed by atoms with Gasteiger partial charge in [0.25, 0.3) is 0 Å². The van der Waals surface area contributed by atoms with E-state index < -0.39 is 11.4 Å². The van der Waals surface area contributed by atoms with Gasteiger partial charge in [0, 0.05) is 24.3 Å². The Hall–Kier alpha value is 0.270. The molecule has 0 spiro atoms. The zero-order valence-electron chi connectivity index (χ0n) is 3.44. The van der Waals surface area contributed by atoms with Gasteiger partial charge in [0.1, 0.15) is 5.75 Å². The van der Waals surface area contributed by atoms with E-state index in [0.717, 1.165) is 18.7 Å². The van der Waals surface area contributed by atoms with Crippen LogP contribution in [0.1, 0.15) is 6.42 Å². The van der Waals surface area contributed by atoms with E-state index in [0.29, 0.717) is 0 Å². The minimum Gasteiger partial charge on any atom is -0.598 e. The lowest BCUT2D eigenvalue weighted by atomic mass is 10.5. The normalized spacial score (nSPS) is 34.5. The molecule has 3 heteroatoms. The average molecular weight is 105 g/mol. The summed E-state index contributed by atoms with van der Waals surface area (Å²) in [6, 6.07) is 0. The van der Waals surface area contributed by atoms with Gasteiger partial charge in [-0.2, -0.15) is 0 Å². The van der Waals surface area contributed by atoms with Crippen molar-refractivity contribution in [2.24, 2.45) is 0 Å². The number of hydrogen-bond acceptors (Lipinski definition) is 2. The second-order valence-corrected chi connectivity index (χ2v) is 2.69. The molecule has 1 fully saturated rings. The van der Waals surface area contributed by atoms with E-state index in [1.54, 1.807) is 0 Å². The van der Waals surface area contributed by atoms with Crippen LogP contribution in [0.3, 0.4) is 0 Å². The van der Waals surface area contributed by atoms with Crippen molar-refractivity contribution in [3.8, 4) is 0 Å². The molecule has 6 heavy (non-hydrogen) atoms. The zero-order chi connectivity index (χ0) is 4.41. The van der Waals surface area contributed by atoms with E-state index >= 15 is 0 Å². The largest absolute Gasteiger partial charge is 0.598 e. The topological polar surface area (TPSA) is 35.1 Å². The molecule has 0 radical (unpaired) electrons. The summed E-state index contributed by atoms with van der Waals surface area (Å²) in [4.78, 5) is 0. The van der Waals surface area contributed by atoms with Crippen molar-refractivity contribution in [2.75, 3.05) is 12.3 Å². The van der Waals surface area contributed by atoms with Crippen LogP contribution in [0.25, 0.3) is 0 Å². The monoisotopic (exact) mass is 105 g/mol. The van der Waals surface area contributed by atoms with Gasteiger partial charge in [0.05, 0.1) is 0 Å². The van der Waals surface area contributed by atoms with E-state index in [9.17, 15) is 4.55 Å². The van der Waals surface area contributed by atoms with Crippen LogP contribution in [0.4, 0.5) is 0 Å². The van der Waals surface area contributed by atoms with Crippen LogP contribution >= 0.6 is 0 Å². The molecule has 0 amide bonds. The second kappa shape index (κ2) is 1.82. The molecule has 0 aliphatic carbocycles. The van der Waals surface area contributed by atoms with Crippen molar-refractivity contribution in [1.29, 1.82) is 0 Å². The summed E-state index contributed by atoms with van der Waals surface area (Å²) in [5, 5.41) is 0. The maximum Gasteiger partial charge on any atom is 0.126 e. The molecule has 1 saturated heterocycles. The van der Waals surface area contributed by atoms with Gasteiger partial charge in [-0.05, 0) is 0 Å². The maximum absolute atomic E-state index is 10.2. The van der Waals surface area contributed by atoms with Crippen molar-refractivity contribution in [1.82, 2.24) is 4.72 Å². The Labute approximate surface area is 40.2 Å². The van der Waals surface area contributed by atoms with E-state index in [4.69, 9.17) is 0 Å². The van der Waals surface area contributed by atoms with Crippen molar-refractivity contribution in [3.05, 3.63) is 0 Å². The van der Waals surface area contributed by atoms with E-state index in [1.165, 1.54) is 0 Å². The van der Waals surface area contributed by atoms with Gasteiger partial charge in [-0.25, -0.2) is 0 Å². The molecular weight excluding hydrogens is 98.1 g/mol. The fraction of sp³-hybridized carbons (Fsp3) is 1.00. The molecule has 1 aliphatic heterocycles. The SMILES string of the molecule is [O-][S+]1CCCN1. The van der Waals surface area contributed by atoms with Crippen LogP contribution in [0, 0.1) is 0 Å². The van der Waals surface area contributed by atoms with Crippen molar-refractivity contribution < 1.29 is 4.55 Å². The smallest absolute Gasteiger partial charge is 0.126 e. The summed E-state index contributed by atoms with van der Waals surface area (Å²) in [7, 11) is 0. The van der Waals surface area contributed by atoms with Crippen LogP contribution < -0.4 is 4.72 Å². The quantitative estimate of drug-likeness (QED) is 0.427. The van der Waals surface area contributed by atoms with E-state index in [1.807, 2.05) is 0 Å². The minimum absolute atomic E-state index is 0.673. The van der Waals surface area contributed by atoms with Crippen LogP contribution in [-0.4, -0.2) is 16.9 Å². The molecule has 1 N–H and O–H groups in total. The Balaban J connectivity index is 2.18. The lowest BCUT2D eigenvalue weighted by Gasteiger charge is -1.95. The molecule has 2 nitrogen and oxygen atoms in total. The first-order chi connectivity index (χ1) is 2.89. The molecular formula is C3H7NOS. The Morgan fingerprint density at radius 3 is 2.67 bits per heavy atom. The van der Waals surface area contributed by atoms with Crippen LogP contribution in [-0.2, 0) is 11.4 Å². The fourth-order valence-electron chi connectivity index (χ4n) is 0.461. The number of nitrogens with one attached hydrogen (secondary N) is 1. The molecule has 0 bridgehead atoms. The zero-order valence-corrected chi connectivity index (χ0v) is 4.25. The lowest BCUT2D eigenvalue weighted by molar-refractivity contribution is 0.593. The Morgan fingerprint density at radius 2 is 2.50 bits per heavy atom. The molecule has 0 saturated carbocycles. The Morgan fingerprint density at radius 1 is 1.67 bits per heavy atom. The van der Waals surface area contributed by atoms with Crippen LogP contribution in [0.2, 0.25) is 0 Å². The van der Waals surface area contributed by atoms with Crippen molar-refractivity contribution in [2.45, 2.75) is 6.42 Å². The Bertz CT molecular complexity index is 44.1. The summed E-state index contributed by atoms with van der Waals surface area (Å²) in [6.45, 7) is 0.937. The summed E-state index contributed by atoms with van der Waals surface area (Å²) in [6.07, 6.45) is 1.08. The summed E-state index contributed by atoms with van der Waals surface area (Å²) < 4.78 is 13.0. The van der Waals surface area contributed by atoms with E-state index in [-0.39, 0.29) is 0 Å².